The largest absolute Gasteiger partial charge is 0.491 e. The summed E-state index contributed by atoms with van der Waals surface area (Å²) >= 11 is 0. The maximum atomic E-state index is 14.3. The topological polar surface area (TPSA) is 18.5 Å². The van der Waals surface area contributed by atoms with Gasteiger partial charge in [0.25, 0.3) is 0 Å². The molecule has 2 aromatic rings. The summed E-state index contributed by atoms with van der Waals surface area (Å²) in [6, 6.07) is 12.2. The van der Waals surface area contributed by atoms with Crippen molar-refractivity contribution in [3.05, 3.63) is 71.3 Å². The first-order valence-electron chi connectivity index (χ1n) is 13.0. The van der Waals surface area contributed by atoms with Crippen LogP contribution in [0.2, 0.25) is 0 Å². The lowest BCUT2D eigenvalue weighted by Gasteiger charge is -2.42. The highest BCUT2D eigenvalue weighted by molar-refractivity contribution is 5.35. The van der Waals surface area contributed by atoms with Crippen LogP contribution in [0.3, 0.4) is 0 Å². The van der Waals surface area contributed by atoms with E-state index in [1.54, 1.807) is 6.92 Å². The molecular weight excluding hydrogens is 430 g/mol. The molecule has 0 bridgehead atoms. The summed E-state index contributed by atoms with van der Waals surface area (Å²) in [4.78, 5) is 0. The Morgan fingerprint density at radius 3 is 2.24 bits per heavy atom. The first-order chi connectivity index (χ1) is 16.6. The molecule has 2 aliphatic rings. The predicted octanol–water partition coefficient (Wildman–Crippen LogP) is 8.25. The number of hydrogen-bond donors (Lipinski definition) is 0. The number of benzene rings is 2. The van der Waals surface area contributed by atoms with Crippen molar-refractivity contribution >= 4 is 0 Å². The number of ether oxygens (including phenoxy) is 2. The molecule has 2 aromatic carbocycles. The van der Waals surface area contributed by atoms with Gasteiger partial charge in [-0.2, -0.15) is 8.78 Å². The molecule has 0 saturated heterocycles. The molecule has 2 fully saturated rings. The van der Waals surface area contributed by atoms with E-state index in [-0.39, 0.29) is 11.5 Å². The molecule has 2 nitrogen and oxygen atoms in total. The van der Waals surface area contributed by atoms with E-state index in [2.05, 4.69) is 43.3 Å². The van der Waals surface area contributed by atoms with Crippen LogP contribution in [0, 0.1) is 29.4 Å². The van der Waals surface area contributed by atoms with Crippen molar-refractivity contribution in [2.75, 3.05) is 13.2 Å². The van der Waals surface area contributed by atoms with Crippen LogP contribution >= 0.6 is 0 Å². The van der Waals surface area contributed by atoms with Gasteiger partial charge < -0.3 is 9.47 Å². The van der Waals surface area contributed by atoms with E-state index in [0.717, 1.165) is 37.5 Å². The molecule has 2 saturated carbocycles. The molecule has 184 valence electrons. The molecule has 4 heteroatoms. The van der Waals surface area contributed by atoms with Gasteiger partial charge in [0.2, 0.25) is 11.6 Å². The standard InChI is InChI=1S/C30H38F2O2/c1-3-5-6-7-21-8-11-23(12-9-21)25-15-14-24-18-22(10-13-26(24)19-25)20-34-28-17-16-27(33-4-2)29(31)30(28)32/h3,5,8-9,11-12,16-17,22,24-26H,4,6-7,10,13-15,18-20H2,1-2H3. The SMILES string of the molecule is CC=CCCc1ccc(C2CCC3CC(COc4ccc(OCC)c(F)c4F)CCC3C2)cc1. The molecular formula is C30H38F2O2. The molecule has 0 N–H and O–H groups in total. The van der Waals surface area contributed by atoms with E-state index >= 15 is 0 Å². The lowest BCUT2D eigenvalue weighted by molar-refractivity contribution is 0.0901. The van der Waals surface area contributed by atoms with E-state index in [1.165, 1.54) is 48.9 Å². The van der Waals surface area contributed by atoms with Crippen molar-refractivity contribution in [2.45, 2.75) is 71.1 Å². The second-order valence-electron chi connectivity index (χ2n) is 9.99. The Morgan fingerprint density at radius 1 is 0.853 bits per heavy atom. The van der Waals surface area contributed by atoms with Gasteiger partial charge in [-0.05, 0) is 112 Å². The number of allylic oxidation sites excluding steroid dienone is 2. The van der Waals surface area contributed by atoms with Gasteiger partial charge in [-0.25, -0.2) is 0 Å². The number of fused-ring (bicyclic) bond motifs is 1. The molecule has 4 atom stereocenters. The highest BCUT2D eigenvalue weighted by atomic mass is 19.2. The Hall–Kier alpha value is -2.36. The summed E-state index contributed by atoms with van der Waals surface area (Å²) in [6.45, 7) is 4.56. The first-order valence-corrected chi connectivity index (χ1v) is 13.0. The summed E-state index contributed by atoms with van der Waals surface area (Å²) < 4.78 is 39.3. The Bertz CT molecular complexity index is 953. The van der Waals surface area contributed by atoms with Crippen molar-refractivity contribution in [1.82, 2.24) is 0 Å². The van der Waals surface area contributed by atoms with E-state index in [9.17, 15) is 8.78 Å². The van der Waals surface area contributed by atoms with Crippen LogP contribution in [0.4, 0.5) is 8.78 Å². The molecule has 0 heterocycles. The van der Waals surface area contributed by atoms with Crippen LogP contribution in [-0.2, 0) is 6.42 Å². The van der Waals surface area contributed by atoms with Gasteiger partial charge >= 0.3 is 0 Å². The minimum atomic E-state index is -0.966. The van der Waals surface area contributed by atoms with Crippen LogP contribution in [0.5, 0.6) is 11.5 Å². The summed E-state index contributed by atoms with van der Waals surface area (Å²) in [6.07, 6.45) is 13.7. The molecule has 0 spiro atoms. The maximum absolute atomic E-state index is 14.3. The van der Waals surface area contributed by atoms with Crippen LogP contribution in [0.25, 0.3) is 0 Å². The van der Waals surface area contributed by atoms with Gasteiger partial charge in [0.15, 0.2) is 11.5 Å². The fraction of sp³-hybridized carbons (Fsp3) is 0.533. The number of aryl methyl sites for hydroxylation is 1. The van der Waals surface area contributed by atoms with Crippen molar-refractivity contribution in [3.63, 3.8) is 0 Å². The summed E-state index contributed by atoms with van der Waals surface area (Å²) in [5, 5.41) is 0. The first kappa shape index (κ1) is 24.8. The van der Waals surface area contributed by atoms with Gasteiger partial charge in [0.1, 0.15) is 0 Å². The molecule has 4 rings (SSSR count). The Morgan fingerprint density at radius 2 is 1.53 bits per heavy atom. The van der Waals surface area contributed by atoms with E-state index in [4.69, 9.17) is 9.47 Å². The second-order valence-corrected chi connectivity index (χ2v) is 9.99. The fourth-order valence-corrected chi connectivity index (χ4v) is 5.91. The maximum Gasteiger partial charge on any atom is 0.204 e. The smallest absolute Gasteiger partial charge is 0.204 e. The molecule has 4 unspecified atom stereocenters. The van der Waals surface area contributed by atoms with Crippen molar-refractivity contribution in [1.29, 1.82) is 0 Å². The monoisotopic (exact) mass is 468 g/mol. The van der Waals surface area contributed by atoms with Gasteiger partial charge in [-0.15, -0.1) is 0 Å². The fourth-order valence-electron chi connectivity index (χ4n) is 5.91. The molecule has 0 radical (unpaired) electrons. The van der Waals surface area contributed by atoms with Crippen LogP contribution < -0.4 is 9.47 Å². The number of halogens is 2. The van der Waals surface area contributed by atoms with Crippen molar-refractivity contribution < 1.29 is 18.3 Å². The zero-order valence-electron chi connectivity index (χ0n) is 20.6. The van der Waals surface area contributed by atoms with Crippen molar-refractivity contribution in [3.8, 4) is 11.5 Å². The zero-order chi connectivity index (χ0) is 23.9. The summed E-state index contributed by atoms with van der Waals surface area (Å²) in [7, 11) is 0. The van der Waals surface area contributed by atoms with Gasteiger partial charge in [-0.1, -0.05) is 36.4 Å². The van der Waals surface area contributed by atoms with Crippen LogP contribution in [0.1, 0.15) is 75.8 Å². The van der Waals surface area contributed by atoms with E-state index in [1.807, 2.05) is 0 Å². The van der Waals surface area contributed by atoms with Gasteiger partial charge in [0, 0.05) is 0 Å². The number of hydrogen-bond acceptors (Lipinski definition) is 2. The summed E-state index contributed by atoms with van der Waals surface area (Å²) in [5.41, 5.74) is 2.91. The highest BCUT2D eigenvalue weighted by Gasteiger charge is 2.36. The molecule has 2 aliphatic carbocycles. The normalized spacial score (nSPS) is 24.7. The third-order valence-electron chi connectivity index (χ3n) is 7.79. The lowest BCUT2D eigenvalue weighted by atomic mass is 9.64. The van der Waals surface area contributed by atoms with Crippen molar-refractivity contribution in [2.24, 2.45) is 17.8 Å². The summed E-state index contributed by atoms with van der Waals surface area (Å²) in [5.74, 6) is 0.571. The minimum absolute atomic E-state index is 0.0130. The molecule has 0 aromatic heterocycles. The van der Waals surface area contributed by atoms with Gasteiger partial charge in [-0.3, -0.25) is 0 Å². The lowest BCUT2D eigenvalue weighted by Crippen LogP contribution is -2.32. The second kappa shape index (κ2) is 11.9. The molecule has 34 heavy (non-hydrogen) atoms. The highest BCUT2D eigenvalue weighted by Crippen LogP contribution is 2.47. The van der Waals surface area contributed by atoms with Crippen LogP contribution in [0.15, 0.2) is 48.6 Å². The zero-order valence-corrected chi connectivity index (χ0v) is 20.6. The Kier molecular flexibility index (Phi) is 8.64. The van der Waals surface area contributed by atoms with Crippen LogP contribution in [-0.4, -0.2) is 13.2 Å². The Balaban J connectivity index is 1.27. The van der Waals surface area contributed by atoms with E-state index in [0.29, 0.717) is 25.0 Å². The molecule has 0 aliphatic heterocycles. The molecule has 0 amide bonds. The van der Waals surface area contributed by atoms with E-state index < -0.39 is 11.6 Å². The minimum Gasteiger partial charge on any atom is -0.491 e. The average molecular weight is 469 g/mol. The average Bonchev–Trinajstić information content (AvgIpc) is 2.86. The third-order valence-corrected chi connectivity index (χ3v) is 7.79. The predicted molar refractivity (Wildman–Crippen MR) is 134 cm³/mol. The third kappa shape index (κ3) is 6.00. The quantitative estimate of drug-likeness (QED) is 0.345. The number of rotatable bonds is 9. The Labute approximate surface area is 203 Å². The van der Waals surface area contributed by atoms with Gasteiger partial charge in [0.05, 0.1) is 13.2 Å².